The van der Waals surface area contributed by atoms with E-state index in [0.29, 0.717) is 24.8 Å². The van der Waals surface area contributed by atoms with Gasteiger partial charge in [-0.15, -0.1) is 0 Å². The molecule has 0 unspecified atom stereocenters. The number of rotatable bonds is 6. The van der Waals surface area contributed by atoms with Gasteiger partial charge in [-0.2, -0.15) is 0 Å². The number of para-hydroxylation sites is 1. The largest absolute Gasteiger partial charge is 0.493 e. The molecule has 0 aromatic heterocycles. The molecule has 0 radical (unpaired) electrons. The van der Waals surface area contributed by atoms with E-state index in [1.165, 1.54) is 19.3 Å². The Hall–Kier alpha value is -1.55. The molecule has 1 aromatic rings. The third-order valence-corrected chi connectivity index (χ3v) is 6.07. The Morgan fingerprint density at radius 1 is 1.12 bits per heavy atom. The molecule has 1 saturated carbocycles. The SMILES string of the molecule is NCC1(CC(=O)N2CCC(COc3ccccc3)CC2)CCCCC1. The van der Waals surface area contributed by atoms with Crippen LogP contribution in [-0.2, 0) is 4.79 Å². The number of hydrogen-bond donors (Lipinski definition) is 1. The maximum atomic E-state index is 12.8. The number of hydrogen-bond acceptors (Lipinski definition) is 3. The van der Waals surface area contributed by atoms with E-state index in [2.05, 4.69) is 4.90 Å². The first-order chi connectivity index (χ1) is 12.2. The lowest BCUT2D eigenvalue weighted by atomic mass is 9.71. The number of amides is 1. The lowest BCUT2D eigenvalue weighted by molar-refractivity contribution is -0.135. The molecular weight excluding hydrogens is 312 g/mol. The Morgan fingerprint density at radius 3 is 2.44 bits per heavy atom. The van der Waals surface area contributed by atoms with Crippen molar-refractivity contribution in [2.45, 2.75) is 51.4 Å². The summed E-state index contributed by atoms with van der Waals surface area (Å²) >= 11 is 0. The molecule has 2 aliphatic rings. The summed E-state index contributed by atoms with van der Waals surface area (Å²) in [5, 5.41) is 0. The van der Waals surface area contributed by atoms with Crippen LogP contribution in [0.15, 0.2) is 30.3 Å². The summed E-state index contributed by atoms with van der Waals surface area (Å²) in [4.78, 5) is 14.8. The van der Waals surface area contributed by atoms with E-state index in [1.807, 2.05) is 30.3 Å². The van der Waals surface area contributed by atoms with Gasteiger partial charge in [-0.3, -0.25) is 4.79 Å². The highest BCUT2D eigenvalue weighted by molar-refractivity contribution is 5.77. The smallest absolute Gasteiger partial charge is 0.223 e. The molecule has 2 fully saturated rings. The van der Waals surface area contributed by atoms with Gasteiger partial charge >= 0.3 is 0 Å². The third kappa shape index (κ3) is 4.97. The van der Waals surface area contributed by atoms with E-state index in [9.17, 15) is 4.79 Å². The van der Waals surface area contributed by atoms with Crippen molar-refractivity contribution in [2.75, 3.05) is 26.2 Å². The molecule has 4 nitrogen and oxygen atoms in total. The Bertz CT molecular complexity index is 532. The van der Waals surface area contributed by atoms with Gasteiger partial charge in [0.05, 0.1) is 6.61 Å². The van der Waals surface area contributed by atoms with Crippen LogP contribution in [0.25, 0.3) is 0 Å². The average molecular weight is 344 g/mol. The van der Waals surface area contributed by atoms with E-state index in [-0.39, 0.29) is 5.41 Å². The number of carbonyl (C=O) groups is 1. The highest BCUT2D eigenvalue weighted by Gasteiger charge is 2.35. The minimum absolute atomic E-state index is 0.0720. The van der Waals surface area contributed by atoms with Crippen molar-refractivity contribution in [3.63, 3.8) is 0 Å². The van der Waals surface area contributed by atoms with Crippen molar-refractivity contribution in [1.29, 1.82) is 0 Å². The summed E-state index contributed by atoms with van der Waals surface area (Å²) in [6.07, 6.45) is 8.71. The van der Waals surface area contributed by atoms with Crippen molar-refractivity contribution < 1.29 is 9.53 Å². The number of likely N-dealkylation sites (tertiary alicyclic amines) is 1. The van der Waals surface area contributed by atoms with Crippen LogP contribution in [-0.4, -0.2) is 37.0 Å². The third-order valence-electron chi connectivity index (χ3n) is 6.07. The standard InChI is InChI=1S/C21H32N2O2/c22-17-21(11-5-2-6-12-21)15-20(24)23-13-9-18(10-14-23)16-25-19-7-3-1-4-8-19/h1,3-4,7-8,18H,2,5-6,9-17,22H2. The van der Waals surface area contributed by atoms with Crippen molar-refractivity contribution in [1.82, 2.24) is 4.90 Å². The number of nitrogens with zero attached hydrogens (tertiary/aromatic N) is 1. The first-order valence-electron chi connectivity index (χ1n) is 9.86. The van der Waals surface area contributed by atoms with Crippen LogP contribution in [0.4, 0.5) is 0 Å². The zero-order valence-electron chi connectivity index (χ0n) is 15.3. The molecule has 0 atom stereocenters. The molecule has 0 bridgehead atoms. The Kier molecular flexibility index (Phi) is 6.35. The summed E-state index contributed by atoms with van der Waals surface area (Å²) in [7, 11) is 0. The Labute approximate surface area is 151 Å². The molecule has 1 saturated heterocycles. The molecular formula is C21H32N2O2. The normalized spacial score (nSPS) is 21.1. The molecule has 1 aliphatic carbocycles. The van der Waals surface area contributed by atoms with Gasteiger partial charge < -0.3 is 15.4 Å². The molecule has 2 N–H and O–H groups in total. The lowest BCUT2D eigenvalue weighted by Gasteiger charge is -2.39. The number of ether oxygens (including phenoxy) is 1. The number of benzene rings is 1. The second-order valence-corrected chi connectivity index (χ2v) is 7.89. The summed E-state index contributed by atoms with van der Waals surface area (Å²) in [5.74, 6) is 1.79. The van der Waals surface area contributed by atoms with Crippen molar-refractivity contribution in [3.8, 4) is 5.75 Å². The highest BCUT2D eigenvalue weighted by atomic mass is 16.5. The fraction of sp³-hybridized carbons (Fsp3) is 0.667. The van der Waals surface area contributed by atoms with Gasteiger partial charge in [-0.05, 0) is 55.7 Å². The minimum atomic E-state index is 0.0720. The summed E-state index contributed by atoms with van der Waals surface area (Å²) in [6, 6.07) is 9.98. The lowest BCUT2D eigenvalue weighted by Crippen LogP contribution is -2.44. The summed E-state index contributed by atoms with van der Waals surface area (Å²) in [5.41, 5.74) is 6.12. The maximum Gasteiger partial charge on any atom is 0.223 e. The first kappa shape index (κ1) is 18.2. The van der Waals surface area contributed by atoms with E-state index < -0.39 is 0 Å². The van der Waals surface area contributed by atoms with Gasteiger partial charge in [0.25, 0.3) is 0 Å². The fourth-order valence-corrected chi connectivity index (χ4v) is 4.27. The number of piperidine rings is 1. The van der Waals surface area contributed by atoms with Gasteiger partial charge in [-0.1, -0.05) is 37.5 Å². The predicted molar refractivity (Wildman–Crippen MR) is 100 cm³/mol. The fourth-order valence-electron chi connectivity index (χ4n) is 4.27. The van der Waals surface area contributed by atoms with Crippen molar-refractivity contribution in [3.05, 3.63) is 30.3 Å². The van der Waals surface area contributed by atoms with Gasteiger partial charge in [0, 0.05) is 19.5 Å². The van der Waals surface area contributed by atoms with Gasteiger partial charge in [-0.25, -0.2) is 0 Å². The zero-order chi connectivity index (χ0) is 17.5. The van der Waals surface area contributed by atoms with Crippen LogP contribution < -0.4 is 10.5 Å². The number of carbonyl (C=O) groups excluding carboxylic acids is 1. The second kappa shape index (κ2) is 8.70. The molecule has 1 aliphatic heterocycles. The van der Waals surface area contributed by atoms with Crippen molar-refractivity contribution >= 4 is 5.91 Å². The van der Waals surface area contributed by atoms with Crippen LogP contribution in [0.5, 0.6) is 5.75 Å². The second-order valence-electron chi connectivity index (χ2n) is 7.89. The van der Waals surface area contributed by atoms with Crippen LogP contribution in [0.2, 0.25) is 0 Å². The molecule has 1 amide bonds. The topological polar surface area (TPSA) is 55.6 Å². The first-order valence-corrected chi connectivity index (χ1v) is 9.86. The summed E-state index contributed by atoms with van der Waals surface area (Å²) in [6.45, 7) is 3.13. The molecule has 3 rings (SSSR count). The van der Waals surface area contributed by atoms with Gasteiger partial charge in [0.2, 0.25) is 5.91 Å². The van der Waals surface area contributed by atoms with E-state index >= 15 is 0 Å². The van der Waals surface area contributed by atoms with E-state index in [1.54, 1.807) is 0 Å². The maximum absolute atomic E-state index is 12.8. The van der Waals surface area contributed by atoms with E-state index in [0.717, 1.165) is 51.1 Å². The monoisotopic (exact) mass is 344 g/mol. The molecule has 138 valence electrons. The molecule has 1 aromatic carbocycles. The molecule has 0 spiro atoms. The van der Waals surface area contributed by atoms with Crippen LogP contribution in [0.1, 0.15) is 51.4 Å². The van der Waals surface area contributed by atoms with Crippen LogP contribution >= 0.6 is 0 Å². The molecule has 25 heavy (non-hydrogen) atoms. The Balaban J connectivity index is 1.43. The van der Waals surface area contributed by atoms with Gasteiger partial charge in [0.15, 0.2) is 0 Å². The molecule has 1 heterocycles. The average Bonchev–Trinajstić information content (AvgIpc) is 2.68. The highest BCUT2D eigenvalue weighted by Crippen LogP contribution is 2.39. The molecule has 4 heteroatoms. The Morgan fingerprint density at radius 2 is 1.80 bits per heavy atom. The number of nitrogens with two attached hydrogens (primary N) is 1. The van der Waals surface area contributed by atoms with Crippen LogP contribution in [0, 0.1) is 11.3 Å². The quantitative estimate of drug-likeness (QED) is 0.858. The van der Waals surface area contributed by atoms with E-state index in [4.69, 9.17) is 10.5 Å². The zero-order valence-corrected chi connectivity index (χ0v) is 15.3. The summed E-state index contributed by atoms with van der Waals surface area (Å²) < 4.78 is 5.88. The van der Waals surface area contributed by atoms with Gasteiger partial charge in [0.1, 0.15) is 5.75 Å². The minimum Gasteiger partial charge on any atom is -0.493 e. The van der Waals surface area contributed by atoms with Crippen LogP contribution in [0.3, 0.4) is 0 Å². The van der Waals surface area contributed by atoms with Crippen molar-refractivity contribution in [2.24, 2.45) is 17.1 Å². The predicted octanol–water partition coefficient (Wildman–Crippen LogP) is 3.60.